The number of thioether (sulfide) groups is 1. The molecule has 0 atom stereocenters. The van der Waals surface area contributed by atoms with Gasteiger partial charge in [-0.1, -0.05) is 89.5 Å². The third-order valence-corrected chi connectivity index (χ3v) is 8.88. The summed E-state index contributed by atoms with van der Waals surface area (Å²) in [6.45, 7) is 56.3. The number of likely N-dealkylation sites (N-methyl/N-ethyl adjacent to an activating group) is 1. The van der Waals surface area contributed by atoms with Gasteiger partial charge in [0.05, 0.1) is 13.2 Å². The van der Waals surface area contributed by atoms with Crippen LogP contribution in [-0.2, 0) is 4.74 Å². The molecule has 7 nitrogen and oxygen atoms in total. The second-order valence-corrected chi connectivity index (χ2v) is 14.6. The van der Waals surface area contributed by atoms with Gasteiger partial charge in [-0.05, 0) is 94.4 Å². The molecule has 4 aliphatic rings. The Labute approximate surface area is 330 Å². The van der Waals surface area contributed by atoms with Gasteiger partial charge in [0.25, 0.3) is 0 Å². The van der Waals surface area contributed by atoms with Gasteiger partial charge in [-0.3, -0.25) is 14.7 Å². The Hall–Kier alpha value is 0.0700. The van der Waals surface area contributed by atoms with Crippen molar-refractivity contribution in [2.45, 2.75) is 188 Å². The molecule has 4 heterocycles. The summed E-state index contributed by atoms with van der Waals surface area (Å²) in [6, 6.07) is 3.28. The van der Waals surface area contributed by atoms with E-state index < -0.39 is 0 Å². The number of nitrogens with zero attached hydrogens (tertiary/aromatic N) is 5. The molecule has 318 valence electrons. The smallest absolute Gasteiger partial charge is 0.0594 e. The van der Waals surface area contributed by atoms with E-state index in [0.29, 0.717) is 12.1 Å². The average Bonchev–Trinajstić information content (AvgIpc) is 3.17. The van der Waals surface area contributed by atoms with Crippen molar-refractivity contribution in [1.29, 1.82) is 0 Å². The predicted octanol–water partition coefficient (Wildman–Crippen LogP) is 10.2. The van der Waals surface area contributed by atoms with Gasteiger partial charge in [0.1, 0.15) is 0 Å². The van der Waals surface area contributed by atoms with Gasteiger partial charge in [-0.25, -0.2) is 0 Å². The highest BCUT2D eigenvalue weighted by molar-refractivity contribution is 7.99. The number of hydrogen-bond acceptors (Lipinski definition) is 8. The van der Waals surface area contributed by atoms with Gasteiger partial charge in [-0.15, -0.1) is 0 Å². The quantitative estimate of drug-likeness (QED) is 0.305. The number of hydrogen-bond donors (Lipinski definition) is 1. The SMILES string of the molecule is CC.CC.CC.CC.CC.CC(C)N.CC(C)N1CCCCC1.CC(C)N1CCN(C)CC1.CC(C)N1CCOCC1.CC(C)N1CCSCC1. The van der Waals surface area contributed by atoms with Crippen LogP contribution in [-0.4, -0.2) is 152 Å². The summed E-state index contributed by atoms with van der Waals surface area (Å²) in [5.41, 5.74) is 5.11. The molecule has 8 heteroatoms. The lowest BCUT2D eigenvalue weighted by Crippen LogP contribution is -2.47. The van der Waals surface area contributed by atoms with Gasteiger partial charge in [-0.2, -0.15) is 11.8 Å². The minimum absolute atomic E-state index is 0.333. The summed E-state index contributed by atoms with van der Waals surface area (Å²) in [7, 11) is 2.19. The predicted molar refractivity (Wildman–Crippen MR) is 242 cm³/mol. The second kappa shape index (κ2) is 50.1. The van der Waals surface area contributed by atoms with Crippen molar-refractivity contribution in [3.05, 3.63) is 0 Å². The fourth-order valence-electron chi connectivity index (χ4n) is 4.96. The van der Waals surface area contributed by atoms with Crippen LogP contribution in [0, 0.1) is 0 Å². The fourth-order valence-corrected chi connectivity index (χ4v) is 5.89. The zero-order valence-electron chi connectivity index (χ0n) is 39.5. The van der Waals surface area contributed by atoms with E-state index in [0.717, 1.165) is 44.4 Å². The normalized spacial score (nSPS) is 18.2. The van der Waals surface area contributed by atoms with Crippen LogP contribution in [0.1, 0.15) is 158 Å². The van der Waals surface area contributed by atoms with Crippen LogP contribution in [0.25, 0.3) is 0 Å². The molecule has 0 spiro atoms. The Morgan fingerprint density at radius 2 is 0.686 bits per heavy atom. The largest absolute Gasteiger partial charge is 0.379 e. The standard InChI is InChI=1S/C8H18N2.C8H17N.C7H15NO.C7H15NS.C3H9N.5C2H6/c1-8(2)10-6-4-9(3)5-7-10;1-8(2)9-6-4-3-5-7-9;2*1-7(2)8-3-5-9-6-4-8;1-3(2)4;5*1-2/h8H,4-7H2,1-3H3;8H,3-7H2,1-2H3;2*7H,3-6H2,1-2H3;3H,4H2,1-2H3;5*1-2H3. The average molecular weight is 753 g/mol. The van der Waals surface area contributed by atoms with Gasteiger partial charge < -0.3 is 20.3 Å². The molecule has 4 rings (SSSR count). The van der Waals surface area contributed by atoms with E-state index in [1.165, 1.54) is 83.1 Å². The molecule has 0 saturated carbocycles. The van der Waals surface area contributed by atoms with Crippen molar-refractivity contribution >= 4 is 11.8 Å². The zero-order valence-corrected chi connectivity index (χ0v) is 40.4. The van der Waals surface area contributed by atoms with E-state index in [4.69, 9.17) is 10.5 Å². The Kier molecular flexibility index (Phi) is 61.9. The molecule has 0 radical (unpaired) electrons. The lowest BCUT2D eigenvalue weighted by molar-refractivity contribution is 0.0238. The number of rotatable bonds is 4. The maximum absolute atomic E-state index is 5.21. The van der Waals surface area contributed by atoms with Gasteiger partial charge in [0, 0.05) is 88.0 Å². The molecule has 0 amide bonds. The molecular weight excluding hydrogens is 649 g/mol. The van der Waals surface area contributed by atoms with Crippen LogP contribution in [0.2, 0.25) is 0 Å². The first kappa shape index (κ1) is 63.0. The molecule has 0 unspecified atom stereocenters. The molecule has 0 aliphatic carbocycles. The molecular formula is C43H104N6OS. The van der Waals surface area contributed by atoms with Crippen molar-refractivity contribution < 1.29 is 4.74 Å². The maximum Gasteiger partial charge on any atom is 0.0594 e. The molecule has 51 heavy (non-hydrogen) atoms. The minimum Gasteiger partial charge on any atom is -0.379 e. The first-order valence-electron chi connectivity index (χ1n) is 21.9. The first-order chi connectivity index (χ1) is 24.3. The second-order valence-electron chi connectivity index (χ2n) is 13.4. The fraction of sp³-hybridized carbons (Fsp3) is 1.00. The molecule has 2 N–H and O–H groups in total. The Morgan fingerprint density at radius 1 is 0.412 bits per heavy atom. The first-order valence-corrected chi connectivity index (χ1v) is 23.1. The van der Waals surface area contributed by atoms with Crippen molar-refractivity contribution in [2.75, 3.05) is 97.2 Å². The Balaban J connectivity index is -0.000000118. The lowest BCUT2D eigenvalue weighted by atomic mass is 10.1. The summed E-state index contributed by atoms with van der Waals surface area (Å²) in [5.74, 6) is 2.66. The highest BCUT2D eigenvalue weighted by Crippen LogP contribution is 2.12. The van der Waals surface area contributed by atoms with E-state index in [2.05, 4.69) is 98.7 Å². The van der Waals surface area contributed by atoms with E-state index in [9.17, 15) is 0 Å². The van der Waals surface area contributed by atoms with Crippen LogP contribution in [0.5, 0.6) is 0 Å². The zero-order chi connectivity index (χ0) is 41.2. The number of piperazine rings is 1. The highest BCUT2D eigenvalue weighted by atomic mass is 32.2. The number of piperidine rings is 1. The van der Waals surface area contributed by atoms with Crippen LogP contribution < -0.4 is 5.73 Å². The molecule has 4 saturated heterocycles. The van der Waals surface area contributed by atoms with Crippen molar-refractivity contribution in [2.24, 2.45) is 5.73 Å². The summed E-state index contributed by atoms with van der Waals surface area (Å²) < 4.78 is 5.21. The summed E-state index contributed by atoms with van der Waals surface area (Å²) in [6.07, 6.45) is 4.28. The van der Waals surface area contributed by atoms with E-state index in [1.54, 1.807) is 0 Å². The minimum atomic E-state index is 0.333. The van der Waals surface area contributed by atoms with Crippen LogP contribution in [0.15, 0.2) is 0 Å². The van der Waals surface area contributed by atoms with Crippen LogP contribution in [0.4, 0.5) is 0 Å². The molecule has 0 aromatic rings. The topological polar surface area (TPSA) is 51.5 Å². The summed E-state index contributed by atoms with van der Waals surface area (Å²) in [5, 5.41) is 0. The van der Waals surface area contributed by atoms with E-state index in [-0.39, 0.29) is 0 Å². The summed E-state index contributed by atoms with van der Waals surface area (Å²) >= 11 is 2.07. The van der Waals surface area contributed by atoms with E-state index in [1.807, 2.05) is 83.1 Å². The Bertz CT molecular complexity index is 500. The molecule has 0 bridgehead atoms. The molecule has 4 aliphatic heterocycles. The monoisotopic (exact) mass is 753 g/mol. The van der Waals surface area contributed by atoms with Gasteiger partial charge >= 0.3 is 0 Å². The molecule has 0 aromatic carbocycles. The van der Waals surface area contributed by atoms with Crippen molar-refractivity contribution in [3.63, 3.8) is 0 Å². The summed E-state index contributed by atoms with van der Waals surface area (Å²) in [4.78, 5) is 12.4. The van der Waals surface area contributed by atoms with E-state index >= 15 is 0 Å². The maximum atomic E-state index is 5.21. The number of morpholine rings is 1. The van der Waals surface area contributed by atoms with Crippen molar-refractivity contribution in [3.8, 4) is 0 Å². The molecule has 0 aromatic heterocycles. The number of nitrogens with two attached hydrogens (primary N) is 1. The van der Waals surface area contributed by atoms with Crippen LogP contribution >= 0.6 is 11.8 Å². The van der Waals surface area contributed by atoms with Crippen LogP contribution in [0.3, 0.4) is 0 Å². The number of likely N-dealkylation sites (tertiary alicyclic amines) is 1. The van der Waals surface area contributed by atoms with Crippen molar-refractivity contribution in [1.82, 2.24) is 24.5 Å². The third kappa shape index (κ3) is 46.1. The highest BCUT2D eigenvalue weighted by Gasteiger charge is 2.16. The lowest BCUT2D eigenvalue weighted by Gasteiger charge is -2.34. The Morgan fingerprint density at radius 3 is 0.941 bits per heavy atom. The van der Waals surface area contributed by atoms with Gasteiger partial charge in [0.15, 0.2) is 0 Å². The van der Waals surface area contributed by atoms with Gasteiger partial charge in [0.2, 0.25) is 0 Å². The number of ether oxygens (including phenoxy) is 1. The third-order valence-electron chi connectivity index (χ3n) is 7.94. The molecule has 4 fully saturated rings.